The predicted octanol–water partition coefficient (Wildman–Crippen LogP) is -1.87. The van der Waals surface area contributed by atoms with Crippen molar-refractivity contribution in [3.05, 3.63) is 17.7 Å². The molecule has 1 atom stereocenters. The number of phenolic OH excluding ortho intramolecular Hbond substituents is 1. The zero-order chi connectivity index (χ0) is 19.7. The van der Waals surface area contributed by atoms with Crippen molar-refractivity contribution < 1.29 is 62.4 Å². The number of aliphatic carboxylic acids is 1. The standard InChI is InChI=1S/C16H24N2O7S.Na/c1-16(2)8-10(9-26(22,23)24)11-6-14(25-17)13(19)7-12(11)18(16)5-3-4-15(20)21;/h6-7,10,19H,3-5,8-9,17H2,1-2H3,(H,20,21)(H,22,23,24);/q;+1/p-1. The monoisotopic (exact) mass is 410 g/mol. The molecule has 4 N–H and O–H groups in total. The van der Waals surface area contributed by atoms with Crippen LogP contribution in [0.3, 0.4) is 0 Å². The van der Waals surface area contributed by atoms with Gasteiger partial charge in [-0.25, -0.2) is 8.42 Å². The number of anilines is 1. The van der Waals surface area contributed by atoms with Gasteiger partial charge in [-0.15, -0.1) is 0 Å². The minimum atomic E-state index is -4.47. The molecule has 0 aromatic heterocycles. The van der Waals surface area contributed by atoms with Crippen molar-refractivity contribution in [1.82, 2.24) is 0 Å². The number of carboxylic acids is 1. The third-order valence-corrected chi connectivity index (χ3v) is 5.43. The van der Waals surface area contributed by atoms with E-state index in [9.17, 15) is 22.9 Å². The molecule has 0 aliphatic carbocycles. The van der Waals surface area contributed by atoms with Gasteiger partial charge in [0.05, 0.1) is 10.1 Å². The van der Waals surface area contributed by atoms with Crippen molar-refractivity contribution in [3.63, 3.8) is 0 Å². The number of carbonyl (C=O) groups is 1. The van der Waals surface area contributed by atoms with Crippen molar-refractivity contribution in [2.75, 3.05) is 17.2 Å². The Balaban J connectivity index is 0.00000364. The Morgan fingerprint density at radius 3 is 2.59 bits per heavy atom. The molecule has 1 heterocycles. The number of hydrogen-bond donors (Lipinski definition) is 3. The van der Waals surface area contributed by atoms with Gasteiger partial charge in [0.25, 0.3) is 0 Å². The summed E-state index contributed by atoms with van der Waals surface area (Å²) in [6.45, 7) is 4.16. The summed E-state index contributed by atoms with van der Waals surface area (Å²) in [6.07, 6.45) is 0.720. The summed E-state index contributed by atoms with van der Waals surface area (Å²) >= 11 is 0. The van der Waals surface area contributed by atoms with Crippen LogP contribution in [0.5, 0.6) is 11.5 Å². The second-order valence-corrected chi connectivity index (χ2v) is 8.53. The van der Waals surface area contributed by atoms with Crippen molar-refractivity contribution in [1.29, 1.82) is 0 Å². The molecule has 146 valence electrons. The van der Waals surface area contributed by atoms with Gasteiger partial charge in [0, 0.05) is 41.9 Å². The van der Waals surface area contributed by atoms with Gasteiger partial charge >= 0.3 is 35.5 Å². The van der Waals surface area contributed by atoms with Gasteiger partial charge in [0.15, 0.2) is 11.5 Å². The summed E-state index contributed by atoms with van der Waals surface area (Å²) < 4.78 is 34.0. The second kappa shape index (κ2) is 8.97. The van der Waals surface area contributed by atoms with Crippen LogP contribution in [0.4, 0.5) is 5.69 Å². The fraction of sp³-hybridized carbons (Fsp3) is 0.562. The van der Waals surface area contributed by atoms with Crippen LogP contribution < -0.4 is 45.2 Å². The normalized spacial score (nSPS) is 18.4. The van der Waals surface area contributed by atoms with Crippen LogP contribution in [-0.4, -0.2) is 47.0 Å². The summed E-state index contributed by atoms with van der Waals surface area (Å²) in [4.78, 5) is 17.3. The van der Waals surface area contributed by atoms with Gasteiger partial charge in [0.2, 0.25) is 0 Å². The van der Waals surface area contributed by atoms with E-state index in [0.29, 0.717) is 30.6 Å². The first kappa shape index (κ1) is 24.0. The van der Waals surface area contributed by atoms with E-state index in [0.717, 1.165) is 0 Å². The maximum Gasteiger partial charge on any atom is 1.00 e. The van der Waals surface area contributed by atoms with Crippen molar-refractivity contribution in [2.24, 2.45) is 5.90 Å². The van der Waals surface area contributed by atoms with E-state index in [1.807, 2.05) is 18.7 Å². The molecule has 1 aromatic rings. The van der Waals surface area contributed by atoms with E-state index in [1.165, 1.54) is 12.1 Å². The van der Waals surface area contributed by atoms with Gasteiger partial charge in [0.1, 0.15) is 0 Å². The Labute approximate surface area is 180 Å². The number of carboxylic acid groups (broad SMARTS) is 1. The number of hydrogen-bond acceptors (Lipinski definition) is 8. The van der Waals surface area contributed by atoms with Crippen LogP contribution in [0, 0.1) is 0 Å². The summed E-state index contributed by atoms with van der Waals surface area (Å²) in [7, 11) is -4.47. The van der Waals surface area contributed by atoms with Crippen LogP contribution in [0.1, 0.15) is 44.6 Å². The summed E-state index contributed by atoms with van der Waals surface area (Å²) in [5.41, 5.74) is 0.522. The zero-order valence-electron chi connectivity index (χ0n) is 15.6. The fourth-order valence-corrected chi connectivity index (χ4v) is 4.37. The van der Waals surface area contributed by atoms with Crippen LogP contribution in [0.15, 0.2) is 12.1 Å². The van der Waals surface area contributed by atoms with E-state index in [2.05, 4.69) is 4.84 Å². The Hall–Kier alpha value is -1.04. The molecule has 0 radical (unpaired) electrons. The maximum atomic E-state index is 11.3. The molecular weight excluding hydrogens is 387 g/mol. The van der Waals surface area contributed by atoms with E-state index in [1.54, 1.807) is 0 Å². The first-order valence-corrected chi connectivity index (χ1v) is 9.69. The van der Waals surface area contributed by atoms with E-state index in [-0.39, 0.29) is 47.5 Å². The van der Waals surface area contributed by atoms with Crippen LogP contribution in [0.2, 0.25) is 0 Å². The smallest absolute Gasteiger partial charge is 0.748 e. The predicted molar refractivity (Wildman–Crippen MR) is 93.1 cm³/mol. The molecule has 1 aliphatic rings. The van der Waals surface area contributed by atoms with Crippen molar-refractivity contribution >= 4 is 21.8 Å². The van der Waals surface area contributed by atoms with Crippen LogP contribution in [0.25, 0.3) is 0 Å². The molecule has 2 rings (SSSR count). The topological polar surface area (TPSA) is 153 Å². The number of aromatic hydroxyl groups is 1. The quantitative estimate of drug-likeness (QED) is 0.266. The Morgan fingerprint density at radius 2 is 2.07 bits per heavy atom. The average Bonchev–Trinajstić information content (AvgIpc) is 2.47. The number of benzene rings is 1. The largest absolute Gasteiger partial charge is 1.00 e. The fourth-order valence-electron chi connectivity index (χ4n) is 3.58. The zero-order valence-corrected chi connectivity index (χ0v) is 18.5. The minimum Gasteiger partial charge on any atom is -0.748 e. The number of phenols is 1. The molecule has 0 saturated heterocycles. The Bertz CT molecular complexity index is 798. The molecule has 0 spiro atoms. The molecule has 27 heavy (non-hydrogen) atoms. The Kier molecular flexibility index (Phi) is 7.98. The minimum absolute atomic E-state index is 0. The number of nitrogens with zero attached hydrogens (tertiary/aromatic N) is 1. The summed E-state index contributed by atoms with van der Waals surface area (Å²) in [5, 5.41) is 18.9. The molecular formula is C16H23N2NaO7S. The molecule has 0 fully saturated rings. The molecule has 1 aliphatic heterocycles. The van der Waals surface area contributed by atoms with E-state index in [4.69, 9.17) is 11.0 Å². The molecule has 9 nitrogen and oxygen atoms in total. The van der Waals surface area contributed by atoms with Gasteiger partial charge in [-0.3, -0.25) is 4.79 Å². The number of nitrogens with two attached hydrogens (primary N) is 1. The van der Waals surface area contributed by atoms with E-state index < -0.39 is 33.3 Å². The van der Waals surface area contributed by atoms with Crippen molar-refractivity contribution in [2.45, 2.75) is 44.6 Å². The molecule has 1 unspecified atom stereocenters. The van der Waals surface area contributed by atoms with Gasteiger partial charge in [-0.1, -0.05) is 0 Å². The van der Waals surface area contributed by atoms with Gasteiger partial charge < -0.3 is 24.5 Å². The SMILES string of the molecule is CC1(C)CC(CS(=O)(=O)[O-])c2cc(ON)c(O)cc2N1CCCC(=O)O.[Na+]. The molecule has 0 amide bonds. The third kappa shape index (κ3) is 5.97. The third-order valence-electron chi connectivity index (χ3n) is 4.62. The van der Waals surface area contributed by atoms with Gasteiger partial charge in [-0.2, -0.15) is 5.90 Å². The number of fused-ring (bicyclic) bond motifs is 1. The summed E-state index contributed by atoms with van der Waals surface area (Å²) in [5.74, 6) is 2.80. The molecule has 1 aromatic carbocycles. The molecule has 0 saturated carbocycles. The second-order valence-electron chi connectivity index (χ2n) is 7.08. The average molecular weight is 410 g/mol. The van der Waals surface area contributed by atoms with Crippen molar-refractivity contribution in [3.8, 4) is 11.5 Å². The molecule has 0 bridgehead atoms. The van der Waals surface area contributed by atoms with E-state index >= 15 is 0 Å². The first-order valence-electron chi connectivity index (χ1n) is 8.11. The Morgan fingerprint density at radius 1 is 1.44 bits per heavy atom. The first-order chi connectivity index (χ1) is 11.9. The summed E-state index contributed by atoms with van der Waals surface area (Å²) in [6, 6.07) is 2.84. The van der Waals surface area contributed by atoms with Gasteiger partial charge in [-0.05, 0) is 38.3 Å². The molecule has 11 heteroatoms. The maximum absolute atomic E-state index is 11.3. The van der Waals surface area contributed by atoms with Crippen LogP contribution in [-0.2, 0) is 14.9 Å². The van der Waals surface area contributed by atoms with Crippen LogP contribution >= 0.6 is 0 Å². The number of rotatable bonds is 7.